The molecule has 0 bridgehead atoms. The van der Waals surface area contributed by atoms with E-state index in [4.69, 9.17) is 4.74 Å². The lowest BCUT2D eigenvalue weighted by Crippen LogP contribution is -2.48. The zero-order chi connectivity index (χ0) is 15.5. The van der Waals surface area contributed by atoms with Crippen LogP contribution < -0.4 is 10.1 Å². The molecule has 7 heteroatoms. The zero-order valence-electron chi connectivity index (χ0n) is 13.7. The van der Waals surface area contributed by atoms with Crippen LogP contribution in [-0.2, 0) is 0 Å². The normalized spacial score (nSPS) is 17.1. The molecule has 0 aliphatic carbocycles. The molecule has 2 rings (SSSR count). The van der Waals surface area contributed by atoms with Crippen molar-refractivity contribution in [1.82, 2.24) is 10.2 Å². The molecule has 1 aliphatic heterocycles. The minimum absolute atomic E-state index is 0. The molecule has 1 aromatic carbocycles. The molecule has 1 aromatic rings. The molecule has 1 heterocycles. The fourth-order valence-electron chi connectivity index (χ4n) is 3.06. The first kappa shape index (κ1) is 22.4. The van der Waals surface area contributed by atoms with E-state index < -0.39 is 6.61 Å². The number of alkyl halides is 2. The van der Waals surface area contributed by atoms with Crippen molar-refractivity contribution in [3.8, 4) is 5.75 Å². The second-order valence-corrected chi connectivity index (χ2v) is 6.47. The third-order valence-corrected chi connectivity index (χ3v) is 3.77. The summed E-state index contributed by atoms with van der Waals surface area (Å²) in [5, 5.41) is 3.33. The summed E-state index contributed by atoms with van der Waals surface area (Å²) in [5.41, 5.74) is 0.769. The van der Waals surface area contributed by atoms with Crippen LogP contribution in [0.2, 0.25) is 0 Å². The molecule has 1 saturated heterocycles. The standard InChI is InChI=1S/C16H24F2N2O.2ClH/c1-16(2,3)14(20-10-8-19-9-11-20)12-6-4-5-7-13(12)21-15(17)18;;/h4-7,14-15,19H,8-11H2,1-3H3;2*1H/t14-;;/m0../s1. The Labute approximate surface area is 149 Å². The Hall–Kier alpha value is -0.620. The van der Waals surface area contributed by atoms with Crippen molar-refractivity contribution in [3.05, 3.63) is 29.8 Å². The smallest absolute Gasteiger partial charge is 0.387 e. The molecule has 1 N–H and O–H groups in total. The van der Waals surface area contributed by atoms with Gasteiger partial charge in [-0.05, 0) is 11.5 Å². The predicted octanol–water partition coefficient (Wildman–Crippen LogP) is 4.12. The van der Waals surface area contributed by atoms with E-state index in [0.717, 1.165) is 31.7 Å². The van der Waals surface area contributed by atoms with Gasteiger partial charge in [0.05, 0.1) is 0 Å². The monoisotopic (exact) mass is 370 g/mol. The van der Waals surface area contributed by atoms with E-state index in [1.165, 1.54) is 0 Å². The van der Waals surface area contributed by atoms with Crippen molar-refractivity contribution in [3.63, 3.8) is 0 Å². The molecule has 23 heavy (non-hydrogen) atoms. The SMILES string of the molecule is CC(C)(C)[C@H](c1ccccc1OC(F)F)N1CCNCC1.Cl.Cl. The quantitative estimate of drug-likeness (QED) is 0.862. The molecule has 0 amide bonds. The highest BCUT2D eigenvalue weighted by Crippen LogP contribution is 2.42. The number of halogens is 4. The summed E-state index contributed by atoms with van der Waals surface area (Å²) in [5.74, 6) is 0.283. The number of hydrogen-bond donors (Lipinski definition) is 1. The topological polar surface area (TPSA) is 24.5 Å². The number of nitrogens with zero attached hydrogens (tertiary/aromatic N) is 1. The minimum Gasteiger partial charge on any atom is -0.434 e. The summed E-state index contributed by atoms with van der Waals surface area (Å²) in [6.07, 6.45) is 0. The van der Waals surface area contributed by atoms with Crippen molar-refractivity contribution in [1.29, 1.82) is 0 Å². The van der Waals surface area contributed by atoms with Gasteiger partial charge in [0.15, 0.2) is 0 Å². The first-order valence-electron chi connectivity index (χ1n) is 7.38. The van der Waals surface area contributed by atoms with Gasteiger partial charge in [-0.2, -0.15) is 8.78 Å². The van der Waals surface area contributed by atoms with Crippen LogP contribution in [0.1, 0.15) is 32.4 Å². The molecule has 3 nitrogen and oxygen atoms in total. The van der Waals surface area contributed by atoms with Crippen LogP contribution in [0.5, 0.6) is 5.75 Å². The highest BCUT2D eigenvalue weighted by Gasteiger charge is 2.34. The molecular formula is C16H26Cl2F2N2O. The van der Waals surface area contributed by atoms with Gasteiger partial charge in [-0.1, -0.05) is 39.0 Å². The van der Waals surface area contributed by atoms with E-state index in [0.29, 0.717) is 0 Å². The van der Waals surface area contributed by atoms with Gasteiger partial charge < -0.3 is 10.1 Å². The molecule has 1 atom stereocenters. The van der Waals surface area contributed by atoms with Gasteiger partial charge in [0.1, 0.15) is 5.75 Å². The van der Waals surface area contributed by atoms with Crippen LogP contribution in [0.4, 0.5) is 8.78 Å². The van der Waals surface area contributed by atoms with Crippen molar-refractivity contribution in [2.24, 2.45) is 5.41 Å². The molecule has 0 saturated carbocycles. The van der Waals surface area contributed by atoms with Crippen LogP contribution >= 0.6 is 24.8 Å². The van der Waals surface area contributed by atoms with Crippen LogP contribution in [0.3, 0.4) is 0 Å². The maximum atomic E-state index is 12.7. The molecular weight excluding hydrogens is 345 g/mol. The number of piperazine rings is 1. The third-order valence-electron chi connectivity index (χ3n) is 3.77. The number of hydrogen-bond acceptors (Lipinski definition) is 3. The lowest BCUT2D eigenvalue weighted by molar-refractivity contribution is -0.0522. The number of para-hydroxylation sites is 1. The van der Waals surface area contributed by atoms with Crippen LogP contribution in [-0.4, -0.2) is 37.7 Å². The van der Waals surface area contributed by atoms with Gasteiger partial charge in [0.25, 0.3) is 0 Å². The Balaban J connectivity index is 0.00000242. The van der Waals surface area contributed by atoms with Crippen LogP contribution in [0.25, 0.3) is 0 Å². The molecule has 1 aliphatic rings. The minimum atomic E-state index is -2.80. The van der Waals surface area contributed by atoms with Crippen molar-refractivity contribution in [2.75, 3.05) is 26.2 Å². The molecule has 0 spiro atoms. The van der Waals surface area contributed by atoms with Crippen molar-refractivity contribution in [2.45, 2.75) is 33.4 Å². The van der Waals surface area contributed by atoms with Gasteiger partial charge in [-0.15, -0.1) is 24.8 Å². The van der Waals surface area contributed by atoms with E-state index in [1.807, 2.05) is 12.1 Å². The summed E-state index contributed by atoms with van der Waals surface area (Å²) in [6, 6.07) is 7.19. The maximum absolute atomic E-state index is 12.7. The molecule has 134 valence electrons. The Kier molecular flexibility index (Phi) is 9.36. The summed E-state index contributed by atoms with van der Waals surface area (Å²) >= 11 is 0. The Morgan fingerprint density at radius 1 is 1.09 bits per heavy atom. The fraction of sp³-hybridized carbons (Fsp3) is 0.625. The van der Waals surface area contributed by atoms with E-state index in [9.17, 15) is 8.78 Å². The first-order valence-corrected chi connectivity index (χ1v) is 7.38. The molecule has 1 fully saturated rings. The van der Waals surface area contributed by atoms with Gasteiger partial charge in [-0.3, -0.25) is 4.90 Å². The largest absolute Gasteiger partial charge is 0.434 e. The van der Waals surface area contributed by atoms with Crippen molar-refractivity contribution < 1.29 is 13.5 Å². The number of rotatable bonds is 4. The zero-order valence-corrected chi connectivity index (χ0v) is 15.4. The highest BCUT2D eigenvalue weighted by molar-refractivity contribution is 5.85. The second kappa shape index (κ2) is 9.62. The highest BCUT2D eigenvalue weighted by atomic mass is 35.5. The average Bonchev–Trinajstić information content (AvgIpc) is 2.40. The van der Waals surface area contributed by atoms with E-state index in [1.54, 1.807) is 12.1 Å². The average molecular weight is 371 g/mol. The van der Waals surface area contributed by atoms with Gasteiger partial charge in [0.2, 0.25) is 0 Å². The fourth-order valence-corrected chi connectivity index (χ4v) is 3.06. The summed E-state index contributed by atoms with van der Waals surface area (Å²) in [7, 11) is 0. The molecule has 0 aromatic heterocycles. The predicted molar refractivity (Wildman–Crippen MR) is 94.2 cm³/mol. The molecule has 0 radical (unpaired) electrons. The third kappa shape index (κ3) is 6.07. The Bertz CT molecular complexity index is 464. The summed E-state index contributed by atoms with van der Waals surface area (Å²) in [6.45, 7) is 7.27. The van der Waals surface area contributed by atoms with E-state index >= 15 is 0 Å². The maximum Gasteiger partial charge on any atom is 0.387 e. The second-order valence-electron chi connectivity index (χ2n) is 6.47. The lowest BCUT2D eigenvalue weighted by atomic mass is 9.80. The van der Waals surface area contributed by atoms with E-state index in [2.05, 4.69) is 31.0 Å². The number of nitrogens with one attached hydrogen (secondary N) is 1. The van der Waals surface area contributed by atoms with Gasteiger partial charge in [-0.25, -0.2) is 0 Å². The summed E-state index contributed by atoms with van der Waals surface area (Å²) in [4.78, 5) is 2.35. The van der Waals surface area contributed by atoms with Gasteiger partial charge >= 0.3 is 6.61 Å². The summed E-state index contributed by atoms with van der Waals surface area (Å²) < 4.78 is 30.1. The number of benzene rings is 1. The molecule has 0 unspecified atom stereocenters. The van der Waals surface area contributed by atoms with Crippen LogP contribution in [0.15, 0.2) is 24.3 Å². The first-order chi connectivity index (χ1) is 9.89. The number of ether oxygens (including phenoxy) is 1. The van der Waals surface area contributed by atoms with Crippen molar-refractivity contribution >= 4 is 24.8 Å². The Morgan fingerprint density at radius 2 is 1.65 bits per heavy atom. The Morgan fingerprint density at radius 3 is 2.17 bits per heavy atom. The van der Waals surface area contributed by atoms with Crippen LogP contribution in [0, 0.1) is 5.41 Å². The van der Waals surface area contributed by atoms with E-state index in [-0.39, 0.29) is 42.0 Å². The lowest BCUT2D eigenvalue weighted by Gasteiger charge is -2.43. The van der Waals surface area contributed by atoms with Gasteiger partial charge in [0, 0.05) is 37.8 Å².